The first-order valence-electron chi connectivity index (χ1n) is 5.76. The average Bonchev–Trinajstić information content (AvgIpc) is 2.42. The molecule has 0 aliphatic carbocycles. The smallest absolute Gasteiger partial charge is 0.402 e. The summed E-state index contributed by atoms with van der Waals surface area (Å²) in [4.78, 5) is 12.2. The van der Waals surface area contributed by atoms with Crippen LogP contribution in [0.15, 0.2) is 6.58 Å². The van der Waals surface area contributed by atoms with E-state index in [4.69, 9.17) is 4.55 Å². The molecule has 0 saturated carbocycles. The summed E-state index contributed by atoms with van der Waals surface area (Å²) in [5.41, 5.74) is 1.67. The van der Waals surface area contributed by atoms with E-state index >= 15 is 0 Å². The molecule has 1 aromatic rings. The summed E-state index contributed by atoms with van der Waals surface area (Å²) in [6, 6.07) is 0. The Morgan fingerprint density at radius 1 is 1.12 bits per heavy atom. The second kappa shape index (κ2) is 8.42. The minimum absolute atomic E-state index is 0.0566. The molecule has 1 rings (SSSR count). The molecular formula is C12H8F2I4O5S. The minimum atomic E-state index is -5.66. The van der Waals surface area contributed by atoms with Gasteiger partial charge in [0.15, 0.2) is 6.61 Å². The Hall–Kier alpha value is 1.12. The average molecular weight is 810 g/mol. The topological polar surface area (TPSA) is 80.7 Å². The normalized spacial score (nSPS) is 12.2. The standard InChI is InChI=1S/C12H8F2I4O5S/c1-4(2)5-7(15)9(17)6(10(18)8(5)16)11(19)23-3-12(13,14)24(20,21)22/h1,3H2,2H3,(H,20,21,22). The zero-order valence-corrected chi connectivity index (χ0v) is 21.1. The van der Waals surface area contributed by atoms with E-state index in [2.05, 4.69) is 11.3 Å². The molecule has 24 heavy (non-hydrogen) atoms. The van der Waals surface area contributed by atoms with Crippen LogP contribution < -0.4 is 0 Å². The van der Waals surface area contributed by atoms with Crippen molar-refractivity contribution >= 4 is 112 Å². The maximum Gasteiger partial charge on any atom is 0.402 e. The second-order valence-corrected chi connectivity index (χ2v) is 10.3. The molecule has 1 aromatic carbocycles. The molecule has 5 nitrogen and oxygen atoms in total. The third-order valence-corrected chi connectivity index (χ3v) is 9.89. The number of halogens is 6. The molecule has 0 aromatic heterocycles. The molecule has 0 amide bonds. The van der Waals surface area contributed by atoms with Crippen molar-refractivity contribution in [3.05, 3.63) is 32.0 Å². The number of allylic oxidation sites excluding steroid dienone is 1. The first-order chi connectivity index (χ1) is 10.7. The summed E-state index contributed by atoms with van der Waals surface area (Å²) in [6.07, 6.45) is 0. The van der Waals surface area contributed by atoms with Crippen LogP contribution in [0.4, 0.5) is 8.78 Å². The van der Waals surface area contributed by atoms with Crippen molar-refractivity contribution in [1.29, 1.82) is 0 Å². The first-order valence-corrected chi connectivity index (χ1v) is 11.5. The molecule has 0 atom stereocenters. The largest absolute Gasteiger partial charge is 0.454 e. The highest BCUT2D eigenvalue weighted by atomic mass is 127. The van der Waals surface area contributed by atoms with Crippen LogP contribution in [-0.4, -0.2) is 30.8 Å². The number of ether oxygens (including phenoxy) is 1. The number of rotatable bonds is 5. The summed E-state index contributed by atoms with van der Waals surface area (Å²) in [5.74, 6) is -1.10. The lowest BCUT2D eigenvalue weighted by atomic mass is 10.1. The maximum atomic E-state index is 13.2. The molecule has 134 valence electrons. The fraction of sp³-hybridized carbons (Fsp3) is 0.250. The van der Waals surface area contributed by atoms with Gasteiger partial charge in [-0.2, -0.15) is 17.2 Å². The quantitative estimate of drug-likeness (QED) is 0.201. The van der Waals surface area contributed by atoms with E-state index in [-0.39, 0.29) is 5.56 Å². The Bertz CT molecular complexity index is 794. The van der Waals surface area contributed by atoms with Gasteiger partial charge in [-0.05, 0) is 103 Å². The van der Waals surface area contributed by atoms with Crippen molar-refractivity contribution in [3.8, 4) is 0 Å². The highest BCUT2D eigenvalue weighted by Crippen LogP contribution is 2.36. The Morgan fingerprint density at radius 3 is 1.83 bits per heavy atom. The Labute approximate surface area is 191 Å². The highest BCUT2D eigenvalue weighted by molar-refractivity contribution is 14.1. The molecular weight excluding hydrogens is 802 g/mol. The van der Waals surface area contributed by atoms with Gasteiger partial charge in [0.05, 0.1) is 5.56 Å². The van der Waals surface area contributed by atoms with Crippen molar-refractivity contribution in [3.63, 3.8) is 0 Å². The van der Waals surface area contributed by atoms with Crippen LogP contribution in [0.3, 0.4) is 0 Å². The van der Waals surface area contributed by atoms with Gasteiger partial charge < -0.3 is 4.74 Å². The molecule has 12 heteroatoms. The minimum Gasteiger partial charge on any atom is -0.454 e. The summed E-state index contributed by atoms with van der Waals surface area (Å²) in [5, 5.41) is -4.57. The molecule has 0 heterocycles. The Balaban J connectivity index is 3.29. The van der Waals surface area contributed by atoms with Crippen LogP contribution >= 0.6 is 90.4 Å². The van der Waals surface area contributed by atoms with E-state index in [0.29, 0.717) is 14.3 Å². The van der Waals surface area contributed by atoms with E-state index in [1.165, 1.54) is 0 Å². The van der Waals surface area contributed by atoms with E-state index in [1.807, 2.05) is 90.4 Å². The van der Waals surface area contributed by atoms with Crippen molar-refractivity contribution in [2.75, 3.05) is 6.61 Å². The maximum absolute atomic E-state index is 13.2. The van der Waals surface area contributed by atoms with Gasteiger partial charge in [-0.15, -0.1) is 0 Å². The zero-order valence-electron chi connectivity index (χ0n) is 11.7. The number of esters is 1. The summed E-state index contributed by atoms with van der Waals surface area (Å²) >= 11 is 7.79. The number of alkyl halides is 2. The van der Waals surface area contributed by atoms with Crippen LogP contribution in [0.2, 0.25) is 0 Å². The summed E-state index contributed by atoms with van der Waals surface area (Å²) < 4.78 is 62.8. The summed E-state index contributed by atoms with van der Waals surface area (Å²) in [7, 11) is -5.66. The highest BCUT2D eigenvalue weighted by Gasteiger charge is 2.46. The lowest BCUT2D eigenvalue weighted by Gasteiger charge is -2.17. The predicted octanol–water partition coefficient (Wildman–Crippen LogP) is 4.78. The van der Waals surface area contributed by atoms with Gasteiger partial charge in [0, 0.05) is 19.8 Å². The molecule has 0 spiro atoms. The second-order valence-electron chi connectivity index (χ2n) is 4.47. The molecule has 0 unspecified atom stereocenters. The molecule has 0 aliphatic rings. The third-order valence-electron chi connectivity index (χ3n) is 2.64. The predicted molar refractivity (Wildman–Crippen MR) is 119 cm³/mol. The third kappa shape index (κ3) is 4.89. The SMILES string of the molecule is C=C(C)c1c(I)c(I)c(C(=O)OCC(F)(F)S(=O)(=O)O)c(I)c1I. The number of hydrogen-bond acceptors (Lipinski definition) is 4. The van der Waals surface area contributed by atoms with E-state index in [0.717, 1.165) is 11.1 Å². The van der Waals surface area contributed by atoms with Gasteiger partial charge in [-0.1, -0.05) is 6.58 Å². The van der Waals surface area contributed by atoms with Crippen molar-refractivity contribution < 1.29 is 31.3 Å². The van der Waals surface area contributed by atoms with E-state index in [9.17, 15) is 22.0 Å². The molecule has 1 N–H and O–H groups in total. The van der Waals surface area contributed by atoms with Crippen molar-refractivity contribution in [2.45, 2.75) is 12.2 Å². The van der Waals surface area contributed by atoms with Gasteiger partial charge in [0.1, 0.15) is 0 Å². The van der Waals surface area contributed by atoms with Gasteiger partial charge in [-0.3, -0.25) is 4.55 Å². The van der Waals surface area contributed by atoms with Crippen LogP contribution in [0, 0.1) is 14.3 Å². The van der Waals surface area contributed by atoms with E-state index in [1.54, 1.807) is 6.92 Å². The zero-order chi connectivity index (χ0) is 19.0. The fourth-order valence-electron chi connectivity index (χ4n) is 1.48. The fourth-order valence-corrected chi connectivity index (χ4v) is 6.24. The number of hydrogen-bond donors (Lipinski definition) is 1. The molecule has 0 saturated heterocycles. The monoisotopic (exact) mass is 810 g/mol. The van der Waals surface area contributed by atoms with Crippen LogP contribution in [0.1, 0.15) is 22.8 Å². The van der Waals surface area contributed by atoms with Crippen LogP contribution in [-0.2, 0) is 14.9 Å². The molecule has 0 fully saturated rings. The number of carbonyl (C=O) groups excluding carboxylic acids is 1. The van der Waals surface area contributed by atoms with E-state index < -0.39 is 27.9 Å². The van der Waals surface area contributed by atoms with Crippen LogP contribution in [0.25, 0.3) is 5.57 Å². The molecule has 0 aliphatic heterocycles. The summed E-state index contributed by atoms with van der Waals surface area (Å²) in [6.45, 7) is 3.90. The first kappa shape index (κ1) is 23.2. The lowest BCUT2D eigenvalue weighted by molar-refractivity contribution is -0.00966. The van der Waals surface area contributed by atoms with Gasteiger partial charge in [0.2, 0.25) is 0 Å². The van der Waals surface area contributed by atoms with Crippen molar-refractivity contribution in [1.82, 2.24) is 0 Å². The van der Waals surface area contributed by atoms with Crippen molar-refractivity contribution in [2.24, 2.45) is 0 Å². The van der Waals surface area contributed by atoms with Crippen LogP contribution in [0.5, 0.6) is 0 Å². The molecule has 0 radical (unpaired) electrons. The Kier molecular flexibility index (Phi) is 8.13. The van der Waals surface area contributed by atoms with Gasteiger partial charge >= 0.3 is 21.3 Å². The lowest BCUT2D eigenvalue weighted by Crippen LogP contribution is -2.34. The van der Waals surface area contributed by atoms with Gasteiger partial charge in [0.25, 0.3) is 0 Å². The number of benzene rings is 1. The molecule has 0 bridgehead atoms. The van der Waals surface area contributed by atoms with Gasteiger partial charge in [-0.25, -0.2) is 4.79 Å². The number of carbonyl (C=O) groups is 1. The Morgan fingerprint density at radius 2 is 1.50 bits per heavy atom.